The van der Waals surface area contributed by atoms with E-state index in [1.165, 1.54) is 0 Å². The number of carboxylic acids is 1. The van der Waals surface area contributed by atoms with Crippen LogP contribution in [0.2, 0.25) is 0 Å². The topological polar surface area (TPSA) is 70.9 Å². The molecule has 1 fully saturated rings. The number of halogens is 1. The van der Waals surface area contributed by atoms with Crippen molar-refractivity contribution in [2.75, 3.05) is 6.54 Å². The van der Waals surface area contributed by atoms with Gasteiger partial charge in [-0.3, -0.25) is 4.79 Å². The fraction of sp³-hybridized carbons (Fsp3) is 0.667. The quantitative estimate of drug-likeness (QED) is 0.658. The summed E-state index contributed by atoms with van der Waals surface area (Å²) >= 11 is 3.21. The SMILES string of the molecule is O=C(O)[C@@H]1NC[C@H]2C(Br)=NO[C@H]21. The molecule has 0 spiro atoms. The van der Waals surface area contributed by atoms with E-state index >= 15 is 0 Å². The molecule has 0 saturated carbocycles. The normalized spacial score (nSPS) is 38.8. The smallest absolute Gasteiger partial charge is 0.324 e. The number of nitrogens with zero attached hydrogens (tertiary/aromatic N) is 1. The Labute approximate surface area is 76.9 Å². The highest BCUT2D eigenvalue weighted by atomic mass is 79.9. The minimum atomic E-state index is -0.889. The molecule has 2 N–H and O–H groups in total. The molecule has 2 heterocycles. The Balaban J connectivity index is 2.14. The molecular formula is C6H7BrN2O3. The number of hydrogen-bond donors (Lipinski definition) is 2. The third kappa shape index (κ3) is 1.02. The van der Waals surface area contributed by atoms with Gasteiger partial charge in [0.15, 0.2) is 6.10 Å². The van der Waals surface area contributed by atoms with Crippen LogP contribution in [0.4, 0.5) is 0 Å². The zero-order chi connectivity index (χ0) is 8.72. The van der Waals surface area contributed by atoms with E-state index in [-0.39, 0.29) is 12.0 Å². The van der Waals surface area contributed by atoms with Gasteiger partial charge in [-0.1, -0.05) is 5.16 Å². The minimum Gasteiger partial charge on any atom is -0.480 e. The summed E-state index contributed by atoms with van der Waals surface area (Å²) in [6.45, 7) is 0.603. The molecule has 2 rings (SSSR count). The molecule has 66 valence electrons. The Morgan fingerprint density at radius 1 is 1.83 bits per heavy atom. The fourth-order valence-corrected chi connectivity index (χ4v) is 1.99. The first-order valence-corrected chi connectivity index (χ1v) is 4.35. The fourth-order valence-electron chi connectivity index (χ4n) is 1.48. The molecule has 0 aromatic carbocycles. The van der Waals surface area contributed by atoms with E-state index in [1.807, 2.05) is 0 Å². The zero-order valence-corrected chi connectivity index (χ0v) is 7.61. The molecule has 6 heteroatoms. The van der Waals surface area contributed by atoms with Crippen molar-refractivity contribution in [1.29, 1.82) is 0 Å². The second kappa shape index (κ2) is 2.70. The molecule has 0 aromatic heterocycles. The van der Waals surface area contributed by atoms with Crippen molar-refractivity contribution in [3.05, 3.63) is 0 Å². The van der Waals surface area contributed by atoms with Crippen LogP contribution in [-0.2, 0) is 9.63 Å². The van der Waals surface area contributed by atoms with Crippen LogP contribution >= 0.6 is 15.9 Å². The van der Waals surface area contributed by atoms with E-state index in [0.717, 1.165) is 0 Å². The van der Waals surface area contributed by atoms with Crippen LogP contribution in [0.25, 0.3) is 0 Å². The highest BCUT2D eigenvalue weighted by Crippen LogP contribution is 2.28. The van der Waals surface area contributed by atoms with Gasteiger partial charge in [0.05, 0.1) is 5.92 Å². The van der Waals surface area contributed by atoms with Crippen LogP contribution in [0.15, 0.2) is 5.16 Å². The van der Waals surface area contributed by atoms with Gasteiger partial charge in [0.1, 0.15) is 10.7 Å². The van der Waals surface area contributed by atoms with Gasteiger partial charge in [-0.05, 0) is 15.9 Å². The van der Waals surface area contributed by atoms with Crippen LogP contribution in [0.3, 0.4) is 0 Å². The number of carboxylic acid groups (broad SMARTS) is 1. The van der Waals surface area contributed by atoms with Crippen molar-refractivity contribution >= 4 is 26.5 Å². The lowest BCUT2D eigenvalue weighted by atomic mass is 10.0. The van der Waals surface area contributed by atoms with Crippen LogP contribution in [0.5, 0.6) is 0 Å². The van der Waals surface area contributed by atoms with Crippen LogP contribution in [-0.4, -0.2) is 34.4 Å². The van der Waals surface area contributed by atoms with Crippen LogP contribution in [0.1, 0.15) is 0 Å². The maximum absolute atomic E-state index is 10.6. The summed E-state index contributed by atoms with van der Waals surface area (Å²) in [5, 5.41) is 15.3. The van der Waals surface area contributed by atoms with Gasteiger partial charge >= 0.3 is 5.97 Å². The summed E-state index contributed by atoms with van der Waals surface area (Å²) < 4.78 is 0.698. The predicted octanol–water partition coefficient (Wildman–Crippen LogP) is -0.234. The highest BCUT2D eigenvalue weighted by Gasteiger charge is 2.47. The van der Waals surface area contributed by atoms with E-state index in [2.05, 4.69) is 26.4 Å². The second-order valence-corrected chi connectivity index (χ2v) is 3.63. The molecule has 0 aromatic rings. The lowest BCUT2D eigenvalue weighted by molar-refractivity contribution is -0.142. The van der Waals surface area contributed by atoms with Gasteiger partial charge in [0, 0.05) is 6.54 Å². The number of rotatable bonds is 1. The molecule has 2 aliphatic rings. The van der Waals surface area contributed by atoms with Crippen molar-refractivity contribution in [2.24, 2.45) is 11.1 Å². The summed E-state index contributed by atoms with van der Waals surface area (Å²) in [6.07, 6.45) is -0.350. The molecule has 0 aliphatic carbocycles. The van der Waals surface area contributed by atoms with E-state index in [1.54, 1.807) is 0 Å². The average molecular weight is 235 g/mol. The van der Waals surface area contributed by atoms with Crippen molar-refractivity contribution in [3.63, 3.8) is 0 Å². The summed E-state index contributed by atoms with van der Waals surface area (Å²) in [4.78, 5) is 15.6. The van der Waals surface area contributed by atoms with Crippen molar-refractivity contribution < 1.29 is 14.7 Å². The van der Waals surface area contributed by atoms with Gasteiger partial charge in [-0.25, -0.2) is 0 Å². The van der Waals surface area contributed by atoms with E-state index in [4.69, 9.17) is 9.94 Å². The van der Waals surface area contributed by atoms with Gasteiger partial charge in [-0.15, -0.1) is 0 Å². The first-order chi connectivity index (χ1) is 5.70. The lowest BCUT2D eigenvalue weighted by Crippen LogP contribution is -2.39. The molecule has 0 radical (unpaired) electrons. The van der Waals surface area contributed by atoms with Gasteiger partial charge in [-0.2, -0.15) is 0 Å². The second-order valence-electron chi connectivity index (χ2n) is 2.81. The standard InChI is InChI=1S/C6H7BrN2O3/c7-5-2-1-8-3(6(10)11)4(2)12-9-5/h2-4,8H,1H2,(H,10,11)/t2-,3-,4-/m1/s1. The van der Waals surface area contributed by atoms with Gasteiger partial charge < -0.3 is 15.3 Å². The first kappa shape index (κ1) is 8.00. The lowest BCUT2D eigenvalue weighted by Gasteiger charge is -2.10. The molecule has 0 bridgehead atoms. The molecule has 1 saturated heterocycles. The third-order valence-electron chi connectivity index (χ3n) is 2.12. The van der Waals surface area contributed by atoms with E-state index in [9.17, 15) is 4.79 Å². The first-order valence-electron chi connectivity index (χ1n) is 3.55. The van der Waals surface area contributed by atoms with Gasteiger partial charge in [0.25, 0.3) is 0 Å². The van der Waals surface area contributed by atoms with Crippen LogP contribution < -0.4 is 5.32 Å². The van der Waals surface area contributed by atoms with Crippen LogP contribution in [0, 0.1) is 5.92 Å². The number of oxime groups is 1. The number of aliphatic carboxylic acids is 1. The van der Waals surface area contributed by atoms with E-state index in [0.29, 0.717) is 11.2 Å². The van der Waals surface area contributed by atoms with Gasteiger partial charge in [0.2, 0.25) is 0 Å². The Bertz CT molecular complexity index is 255. The number of nitrogens with one attached hydrogen (secondary N) is 1. The number of hydrogen-bond acceptors (Lipinski definition) is 4. The molecule has 5 nitrogen and oxygen atoms in total. The summed E-state index contributed by atoms with van der Waals surface area (Å²) in [5.41, 5.74) is 0. The number of carbonyl (C=O) groups is 1. The largest absolute Gasteiger partial charge is 0.480 e. The van der Waals surface area contributed by atoms with Crippen molar-refractivity contribution in [3.8, 4) is 0 Å². The Hall–Kier alpha value is -0.620. The minimum absolute atomic E-state index is 0.0612. The molecule has 2 aliphatic heterocycles. The maximum atomic E-state index is 10.6. The summed E-state index contributed by atoms with van der Waals surface area (Å²) in [7, 11) is 0. The Morgan fingerprint density at radius 2 is 2.58 bits per heavy atom. The average Bonchev–Trinajstić information content (AvgIpc) is 2.53. The molecule has 0 unspecified atom stereocenters. The third-order valence-corrected chi connectivity index (χ3v) is 2.85. The predicted molar refractivity (Wildman–Crippen MR) is 44.2 cm³/mol. The van der Waals surface area contributed by atoms with Crippen molar-refractivity contribution in [1.82, 2.24) is 5.32 Å². The molecule has 3 atom stereocenters. The molecule has 12 heavy (non-hydrogen) atoms. The Kier molecular flexibility index (Phi) is 1.80. The highest BCUT2D eigenvalue weighted by molar-refractivity contribution is 9.18. The Morgan fingerprint density at radius 3 is 3.25 bits per heavy atom. The van der Waals surface area contributed by atoms with Crippen molar-refractivity contribution in [2.45, 2.75) is 12.1 Å². The zero-order valence-electron chi connectivity index (χ0n) is 6.03. The monoisotopic (exact) mass is 234 g/mol. The molecule has 0 amide bonds. The van der Waals surface area contributed by atoms with E-state index < -0.39 is 12.0 Å². The summed E-state index contributed by atoms with van der Waals surface area (Å²) in [5.74, 6) is -0.828. The number of fused-ring (bicyclic) bond motifs is 1. The summed E-state index contributed by atoms with van der Waals surface area (Å²) in [6, 6.07) is -0.631. The molecular weight excluding hydrogens is 228 g/mol. The maximum Gasteiger partial charge on any atom is 0.324 e.